The zero-order valence-electron chi connectivity index (χ0n) is 18.4. The van der Waals surface area contributed by atoms with Gasteiger partial charge in [0.15, 0.2) is 5.69 Å². The van der Waals surface area contributed by atoms with Crippen LogP contribution < -0.4 is 5.32 Å². The quantitative estimate of drug-likeness (QED) is 0.451. The summed E-state index contributed by atoms with van der Waals surface area (Å²) >= 11 is 12.8. The van der Waals surface area contributed by atoms with Gasteiger partial charge in [0.1, 0.15) is 0 Å². The minimum absolute atomic E-state index is 0.0766. The first-order valence-electron chi connectivity index (χ1n) is 12.0. The summed E-state index contributed by atoms with van der Waals surface area (Å²) in [4.78, 5) is 13.4. The second kappa shape index (κ2) is 8.48. The third-order valence-corrected chi connectivity index (χ3v) is 8.33. The third-order valence-electron chi connectivity index (χ3n) is 7.79. The van der Waals surface area contributed by atoms with Gasteiger partial charge in [0.05, 0.1) is 16.4 Å². The number of carbonyl (C=O) groups is 1. The third kappa shape index (κ3) is 3.87. The Bertz CT molecular complexity index is 1190. The Hall–Kier alpha value is -2.30. The minimum atomic E-state index is -0.0766. The van der Waals surface area contributed by atoms with Crippen molar-refractivity contribution in [2.75, 3.05) is 6.54 Å². The first-order chi connectivity index (χ1) is 16.1. The predicted octanol–water partition coefficient (Wildman–Crippen LogP) is 6.54. The van der Waals surface area contributed by atoms with E-state index in [0.29, 0.717) is 34.1 Å². The fourth-order valence-electron chi connectivity index (χ4n) is 6.60. The first-order valence-corrected chi connectivity index (χ1v) is 12.7. The summed E-state index contributed by atoms with van der Waals surface area (Å²) in [6.07, 6.45) is 6.85. The van der Waals surface area contributed by atoms with Crippen molar-refractivity contribution in [2.45, 2.75) is 50.4 Å². The molecule has 33 heavy (non-hydrogen) atoms. The molecule has 4 nitrogen and oxygen atoms in total. The summed E-state index contributed by atoms with van der Waals surface area (Å²) in [5.41, 5.74) is 4.99. The molecule has 0 radical (unpaired) electrons. The number of hydrogen-bond acceptors (Lipinski definition) is 2. The lowest BCUT2D eigenvalue weighted by atomic mass is 9.67. The van der Waals surface area contributed by atoms with E-state index in [2.05, 4.69) is 17.4 Å². The van der Waals surface area contributed by atoms with Crippen molar-refractivity contribution in [3.63, 3.8) is 0 Å². The minimum Gasteiger partial charge on any atom is -0.350 e. The van der Waals surface area contributed by atoms with Gasteiger partial charge in [0, 0.05) is 23.0 Å². The topological polar surface area (TPSA) is 46.9 Å². The molecule has 2 saturated carbocycles. The van der Waals surface area contributed by atoms with Gasteiger partial charge in [-0.3, -0.25) is 4.79 Å². The van der Waals surface area contributed by atoms with Crippen molar-refractivity contribution in [3.8, 4) is 5.69 Å². The van der Waals surface area contributed by atoms with Gasteiger partial charge in [-0.25, -0.2) is 4.68 Å². The summed E-state index contributed by atoms with van der Waals surface area (Å²) < 4.78 is 1.97. The summed E-state index contributed by atoms with van der Waals surface area (Å²) in [6, 6.07) is 15.8. The Morgan fingerprint density at radius 1 is 0.970 bits per heavy atom. The highest BCUT2D eigenvalue weighted by molar-refractivity contribution is 6.35. The molecule has 2 aromatic carbocycles. The predicted molar refractivity (Wildman–Crippen MR) is 132 cm³/mol. The maximum Gasteiger partial charge on any atom is 0.272 e. The lowest BCUT2D eigenvalue weighted by Crippen LogP contribution is -2.29. The van der Waals surface area contributed by atoms with Crippen molar-refractivity contribution >= 4 is 29.1 Å². The Balaban J connectivity index is 1.38. The second-order valence-electron chi connectivity index (χ2n) is 9.95. The molecule has 0 spiro atoms. The Morgan fingerprint density at radius 3 is 2.42 bits per heavy atom. The number of nitrogens with zero attached hydrogens (tertiary/aromatic N) is 2. The van der Waals surface area contributed by atoms with Gasteiger partial charge in [0.25, 0.3) is 5.91 Å². The number of hydrogen-bond donors (Lipinski definition) is 1. The van der Waals surface area contributed by atoms with E-state index in [1.807, 2.05) is 35.0 Å². The molecule has 4 aliphatic rings. The Labute approximate surface area is 204 Å². The molecule has 2 unspecified atom stereocenters. The molecule has 170 valence electrons. The molecule has 4 aliphatic carbocycles. The molecule has 3 aromatic rings. The van der Waals surface area contributed by atoms with Gasteiger partial charge in [-0.05, 0) is 80.0 Å². The summed E-state index contributed by atoms with van der Waals surface area (Å²) in [5, 5.41) is 9.22. The molecule has 0 saturated heterocycles. The maximum atomic E-state index is 13.4. The number of amides is 1. The molecule has 1 amide bonds. The van der Waals surface area contributed by atoms with Crippen molar-refractivity contribution in [2.24, 2.45) is 11.8 Å². The van der Waals surface area contributed by atoms with Gasteiger partial charge < -0.3 is 5.32 Å². The monoisotopic (exact) mass is 479 g/mol. The van der Waals surface area contributed by atoms with E-state index < -0.39 is 0 Å². The molecule has 4 bridgehead atoms. The van der Waals surface area contributed by atoms with E-state index in [9.17, 15) is 4.79 Å². The van der Waals surface area contributed by atoms with Crippen LogP contribution in [0.1, 0.15) is 71.2 Å². The first kappa shape index (κ1) is 21.2. The van der Waals surface area contributed by atoms with Crippen LogP contribution in [0.3, 0.4) is 0 Å². The lowest BCUT2D eigenvalue weighted by molar-refractivity contribution is 0.0945. The zero-order valence-corrected chi connectivity index (χ0v) is 19.9. The van der Waals surface area contributed by atoms with Gasteiger partial charge in [-0.2, -0.15) is 5.10 Å². The van der Waals surface area contributed by atoms with E-state index in [1.54, 1.807) is 6.07 Å². The van der Waals surface area contributed by atoms with Crippen molar-refractivity contribution < 1.29 is 4.79 Å². The molecule has 2 atom stereocenters. The second-order valence-corrected chi connectivity index (χ2v) is 10.8. The average Bonchev–Trinajstić information content (AvgIpc) is 3.11. The molecular weight excluding hydrogens is 453 g/mol. The summed E-state index contributed by atoms with van der Waals surface area (Å²) in [6.45, 7) is 0.589. The maximum absolute atomic E-state index is 13.4. The van der Waals surface area contributed by atoms with Crippen molar-refractivity contribution in [1.29, 1.82) is 0 Å². The largest absolute Gasteiger partial charge is 0.350 e. The van der Waals surface area contributed by atoms with E-state index in [1.165, 1.54) is 48.9 Å². The smallest absolute Gasteiger partial charge is 0.272 e. The number of rotatable bonds is 5. The average molecular weight is 480 g/mol. The highest BCUT2D eigenvalue weighted by atomic mass is 35.5. The van der Waals surface area contributed by atoms with E-state index in [4.69, 9.17) is 28.3 Å². The SMILES string of the molecule is O=C(NCCc1ccccc1)c1nn(-c2ccc(Cl)cc2Cl)c2c1C1CC3CC(C1)CC2C3. The fourth-order valence-corrected chi connectivity index (χ4v) is 7.09. The number of halogens is 2. The van der Waals surface area contributed by atoms with Gasteiger partial charge in [0.2, 0.25) is 0 Å². The summed E-state index contributed by atoms with van der Waals surface area (Å²) in [5.74, 6) is 2.27. The van der Waals surface area contributed by atoms with Crippen LogP contribution in [0.15, 0.2) is 48.5 Å². The highest BCUT2D eigenvalue weighted by Gasteiger charge is 2.46. The molecule has 1 heterocycles. The van der Waals surface area contributed by atoms with Gasteiger partial charge >= 0.3 is 0 Å². The van der Waals surface area contributed by atoms with Crippen LogP contribution >= 0.6 is 23.2 Å². The number of aromatic nitrogens is 2. The molecule has 0 aliphatic heterocycles. The van der Waals surface area contributed by atoms with Crippen LogP contribution in [0.5, 0.6) is 0 Å². The van der Waals surface area contributed by atoms with Gasteiger partial charge in [-0.1, -0.05) is 53.5 Å². The van der Waals surface area contributed by atoms with Crippen LogP contribution in [0.25, 0.3) is 5.69 Å². The van der Waals surface area contributed by atoms with Crippen molar-refractivity contribution in [1.82, 2.24) is 15.1 Å². The molecule has 1 N–H and O–H groups in total. The van der Waals surface area contributed by atoms with Crippen LogP contribution in [0.4, 0.5) is 0 Å². The molecule has 1 aromatic heterocycles. The van der Waals surface area contributed by atoms with Crippen LogP contribution in [-0.2, 0) is 6.42 Å². The number of nitrogens with one attached hydrogen (secondary N) is 1. The zero-order chi connectivity index (χ0) is 22.5. The number of benzene rings is 2. The van der Waals surface area contributed by atoms with Crippen LogP contribution in [0, 0.1) is 11.8 Å². The standard InChI is InChI=1S/C27H27Cl2N3O/c28-21-6-7-23(22(29)15-21)32-26-20-13-17-10-18(14-20)12-19(11-17)24(26)25(31-32)27(33)30-9-8-16-4-2-1-3-5-16/h1-7,15,17-20H,8-14H2,(H,30,33). The van der Waals surface area contributed by atoms with E-state index in [0.717, 1.165) is 23.9 Å². The number of carbonyl (C=O) groups excluding carboxylic acids is 1. The molecule has 7 rings (SSSR count). The van der Waals surface area contributed by atoms with E-state index in [-0.39, 0.29) is 5.91 Å². The molecule has 6 heteroatoms. The molecule has 2 fully saturated rings. The van der Waals surface area contributed by atoms with E-state index >= 15 is 0 Å². The fraction of sp³-hybridized carbons (Fsp3) is 0.407. The van der Waals surface area contributed by atoms with Crippen molar-refractivity contribution in [3.05, 3.63) is 81.1 Å². The van der Waals surface area contributed by atoms with Crippen LogP contribution in [0.2, 0.25) is 10.0 Å². The normalized spacial score (nSPS) is 25.0. The summed E-state index contributed by atoms with van der Waals surface area (Å²) in [7, 11) is 0. The lowest BCUT2D eigenvalue weighted by Gasteiger charge is -2.38. The van der Waals surface area contributed by atoms with Gasteiger partial charge in [-0.15, -0.1) is 0 Å². The Morgan fingerprint density at radius 2 is 1.70 bits per heavy atom. The Kier molecular flexibility index (Phi) is 5.46. The van der Waals surface area contributed by atoms with Crippen LogP contribution in [-0.4, -0.2) is 22.2 Å². The highest BCUT2D eigenvalue weighted by Crippen LogP contribution is 2.57. The molecular formula is C27H27Cl2N3O.